The van der Waals surface area contributed by atoms with Crippen molar-refractivity contribution >= 4 is 27.4 Å². The standard InChI is InChI=1S/C16H14N2O6S/c19-16(20)12-3-1-5-14(9-12)25(23,24)17-8-2-4-11-6-7-13(18(21)22)10-15(11)17/h1,3,5-7,9-10H,2,4,8H2,(H,19,20). The van der Waals surface area contributed by atoms with Gasteiger partial charge in [-0.2, -0.15) is 0 Å². The van der Waals surface area contributed by atoms with Gasteiger partial charge in [-0.25, -0.2) is 13.2 Å². The number of aromatic carboxylic acids is 1. The van der Waals surface area contributed by atoms with Gasteiger partial charge in [0.1, 0.15) is 0 Å². The predicted molar refractivity (Wildman–Crippen MR) is 89.4 cm³/mol. The molecule has 1 N–H and O–H groups in total. The number of rotatable bonds is 4. The summed E-state index contributed by atoms with van der Waals surface area (Å²) in [7, 11) is -4.03. The molecule has 0 unspecified atom stereocenters. The summed E-state index contributed by atoms with van der Waals surface area (Å²) in [6.45, 7) is 0.174. The Kier molecular flexibility index (Phi) is 4.17. The number of nitro benzene ring substituents is 1. The van der Waals surface area contributed by atoms with Gasteiger partial charge in [0.05, 0.1) is 21.1 Å². The third kappa shape index (κ3) is 3.05. The van der Waals surface area contributed by atoms with Gasteiger partial charge in [-0.1, -0.05) is 12.1 Å². The first kappa shape index (κ1) is 16.9. The number of nitro groups is 1. The highest BCUT2D eigenvalue weighted by Crippen LogP contribution is 2.34. The SMILES string of the molecule is O=C(O)c1cccc(S(=O)(=O)N2CCCc3ccc([N+](=O)[O-])cc32)c1. The van der Waals surface area contributed by atoms with Crippen molar-refractivity contribution in [3.05, 3.63) is 63.7 Å². The van der Waals surface area contributed by atoms with Crippen LogP contribution in [0, 0.1) is 10.1 Å². The van der Waals surface area contributed by atoms with E-state index in [4.69, 9.17) is 5.11 Å². The maximum Gasteiger partial charge on any atom is 0.335 e. The monoisotopic (exact) mass is 362 g/mol. The molecule has 0 aliphatic carbocycles. The van der Waals surface area contributed by atoms with Crippen molar-refractivity contribution in [2.45, 2.75) is 17.7 Å². The smallest absolute Gasteiger partial charge is 0.335 e. The largest absolute Gasteiger partial charge is 0.478 e. The molecule has 0 saturated carbocycles. The molecule has 3 rings (SSSR count). The van der Waals surface area contributed by atoms with E-state index >= 15 is 0 Å². The van der Waals surface area contributed by atoms with E-state index in [1.54, 1.807) is 6.07 Å². The Morgan fingerprint density at radius 3 is 2.64 bits per heavy atom. The minimum absolute atomic E-state index is 0.141. The third-order valence-corrected chi connectivity index (χ3v) is 5.83. The highest BCUT2D eigenvalue weighted by molar-refractivity contribution is 7.92. The van der Waals surface area contributed by atoms with E-state index in [1.807, 2.05) is 0 Å². The molecule has 8 nitrogen and oxygen atoms in total. The quantitative estimate of drug-likeness (QED) is 0.659. The molecule has 0 fully saturated rings. The van der Waals surface area contributed by atoms with Crippen LogP contribution in [0.5, 0.6) is 0 Å². The maximum absolute atomic E-state index is 13.0. The van der Waals surface area contributed by atoms with Crippen molar-refractivity contribution in [3.8, 4) is 0 Å². The Hall–Kier alpha value is -2.94. The van der Waals surface area contributed by atoms with Crippen molar-refractivity contribution < 1.29 is 23.2 Å². The van der Waals surface area contributed by atoms with Gasteiger partial charge < -0.3 is 5.11 Å². The van der Waals surface area contributed by atoms with Gasteiger partial charge in [0.25, 0.3) is 15.7 Å². The van der Waals surface area contributed by atoms with E-state index < -0.39 is 20.9 Å². The number of benzene rings is 2. The van der Waals surface area contributed by atoms with Crippen LogP contribution in [-0.4, -0.2) is 31.0 Å². The maximum atomic E-state index is 13.0. The lowest BCUT2D eigenvalue weighted by molar-refractivity contribution is -0.384. The molecule has 0 spiro atoms. The van der Waals surface area contributed by atoms with Gasteiger partial charge in [-0.05, 0) is 36.6 Å². The number of fused-ring (bicyclic) bond motifs is 1. The highest BCUT2D eigenvalue weighted by Gasteiger charge is 2.30. The van der Waals surface area contributed by atoms with Gasteiger partial charge >= 0.3 is 5.97 Å². The lowest BCUT2D eigenvalue weighted by Crippen LogP contribution is -2.35. The summed E-state index contributed by atoms with van der Waals surface area (Å²) in [5.41, 5.74) is 0.633. The summed E-state index contributed by atoms with van der Waals surface area (Å²) in [5.74, 6) is -1.23. The van der Waals surface area contributed by atoms with Crippen molar-refractivity contribution in [2.24, 2.45) is 0 Å². The summed E-state index contributed by atoms with van der Waals surface area (Å²) in [5, 5.41) is 20.1. The normalized spacial score (nSPS) is 14.0. The zero-order valence-electron chi connectivity index (χ0n) is 13.0. The number of non-ortho nitro benzene ring substituents is 1. The van der Waals surface area contributed by atoms with Crippen LogP contribution in [0.1, 0.15) is 22.3 Å². The zero-order chi connectivity index (χ0) is 18.2. The van der Waals surface area contributed by atoms with E-state index in [0.717, 1.165) is 10.4 Å². The predicted octanol–water partition coefficient (Wildman–Crippen LogP) is 2.43. The molecule has 25 heavy (non-hydrogen) atoms. The molecular weight excluding hydrogens is 348 g/mol. The van der Waals surface area contributed by atoms with Gasteiger partial charge in [0.2, 0.25) is 0 Å². The van der Waals surface area contributed by atoms with Crippen LogP contribution in [0.25, 0.3) is 0 Å². The molecule has 2 aromatic carbocycles. The Labute approximate surface area is 143 Å². The number of anilines is 1. The average molecular weight is 362 g/mol. The molecular formula is C16H14N2O6S. The van der Waals surface area contributed by atoms with Crippen molar-refractivity contribution in [1.82, 2.24) is 0 Å². The Balaban J connectivity index is 2.11. The molecule has 0 amide bonds. The third-order valence-electron chi connectivity index (χ3n) is 4.02. The lowest BCUT2D eigenvalue weighted by atomic mass is 10.0. The van der Waals surface area contributed by atoms with Gasteiger partial charge in [0.15, 0.2) is 0 Å². The Morgan fingerprint density at radius 2 is 1.96 bits per heavy atom. The van der Waals surface area contributed by atoms with E-state index in [0.29, 0.717) is 18.4 Å². The number of carbonyl (C=O) groups is 1. The summed E-state index contributed by atoms with van der Waals surface area (Å²) < 4.78 is 27.0. The van der Waals surface area contributed by atoms with E-state index in [-0.39, 0.29) is 28.4 Å². The second kappa shape index (κ2) is 6.17. The van der Waals surface area contributed by atoms with Crippen LogP contribution in [0.2, 0.25) is 0 Å². The van der Waals surface area contributed by atoms with E-state index in [1.165, 1.54) is 30.3 Å². The van der Waals surface area contributed by atoms with E-state index in [9.17, 15) is 23.3 Å². The number of hydrogen-bond acceptors (Lipinski definition) is 5. The van der Waals surface area contributed by atoms with Crippen molar-refractivity contribution in [3.63, 3.8) is 0 Å². The molecule has 1 aliphatic heterocycles. The van der Waals surface area contributed by atoms with Crippen LogP contribution in [0.15, 0.2) is 47.4 Å². The van der Waals surface area contributed by atoms with Gasteiger partial charge in [-0.15, -0.1) is 0 Å². The molecule has 2 aromatic rings. The number of aryl methyl sites for hydroxylation is 1. The number of carboxylic acid groups (broad SMARTS) is 1. The van der Waals surface area contributed by atoms with Crippen LogP contribution >= 0.6 is 0 Å². The van der Waals surface area contributed by atoms with Crippen LogP contribution < -0.4 is 4.31 Å². The lowest BCUT2D eigenvalue weighted by Gasteiger charge is -2.30. The molecule has 130 valence electrons. The number of carboxylic acids is 1. The molecule has 1 aliphatic rings. The fraction of sp³-hybridized carbons (Fsp3) is 0.188. The summed E-state index contributed by atoms with van der Waals surface area (Å²) >= 11 is 0. The van der Waals surface area contributed by atoms with Crippen molar-refractivity contribution in [1.29, 1.82) is 0 Å². The number of nitrogens with zero attached hydrogens (tertiary/aromatic N) is 2. The summed E-state index contributed by atoms with van der Waals surface area (Å²) in [4.78, 5) is 21.4. The topological polar surface area (TPSA) is 118 Å². The van der Waals surface area contributed by atoms with Crippen LogP contribution in [-0.2, 0) is 16.4 Å². The Bertz CT molecular complexity index is 970. The second-order valence-electron chi connectivity index (χ2n) is 5.58. The van der Waals surface area contributed by atoms with Crippen LogP contribution in [0.3, 0.4) is 0 Å². The minimum atomic E-state index is -4.03. The molecule has 0 atom stereocenters. The van der Waals surface area contributed by atoms with E-state index in [2.05, 4.69) is 0 Å². The molecule has 0 aromatic heterocycles. The first-order chi connectivity index (χ1) is 11.8. The number of sulfonamides is 1. The van der Waals surface area contributed by atoms with Gasteiger partial charge in [0, 0.05) is 18.7 Å². The fourth-order valence-corrected chi connectivity index (χ4v) is 4.39. The molecule has 0 radical (unpaired) electrons. The highest BCUT2D eigenvalue weighted by atomic mass is 32.2. The molecule has 0 saturated heterocycles. The minimum Gasteiger partial charge on any atom is -0.478 e. The average Bonchev–Trinajstić information content (AvgIpc) is 2.60. The Morgan fingerprint density at radius 1 is 1.20 bits per heavy atom. The fourth-order valence-electron chi connectivity index (χ4n) is 2.81. The zero-order valence-corrected chi connectivity index (χ0v) is 13.8. The second-order valence-corrected chi connectivity index (χ2v) is 7.45. The first-order valence-electron chi connectivity index (χ1n) is 7.44. The summed E-state index contributed by atoms with van der Waals surface area (Å²) in [6, 6.07) is 9.21. The van der Waals surface area contributed by atoms with Gasteiger partial charge in [-0.3, -0.25) is 14.4 Å². The molecule has 1 heterocycles. The summed E-state index contributed by atoms with van der Waals surface area (Å²) in [6.07, 6.45) is 1.19. The molecule has 9 heteroatoms. The number of hydrogen-bond donors (Lipinski definition) is 1. The first-order valence-corrected chi connectivity index (χ1v) is 8.88. The van der Waals surface area contributed by atoms with Crippen molar-refractivity contribution in [2.75, 3.05) is 10.8 Å². The molecule has 0 bridgehead atoms. The van der Waals surface area contributed by atoms with Crippen LogP contribution in [0.4, 0.5) is 11.4 Å².